The topological polar surface area (TPSA) is 9.23 Å². The van der Waals surface area contributed by atoms with E-state index < -0.39 is 0 Å². The van der Waals surface area contributed by atoms with E-state index in [-0.39, 0.29) is 0 Å². The molecule has 2 heteroatoms. The fourth-order valence-electron chi connectivity index (χ4n) is 3.51. The molecular weight excluding hydrogens is 256 g/mol. The van der Waals surface area contributed by atoms with Crippen LogP contribution in [0.15, 0.2) is 30.3 Å². The summed E-state index contributed by atoms with van der Waals surface area (Å²) in [6.07, 6.45) is 9.32. The fraction of sp³-hybridized carbons (Fsp3) is 0.529. The van der Waals surface area contributed by atoms with Gasteiger partial charge in [0.15, 0.2) is 0 Å². The second-order valence-corrected chi connectivity index (χ2v) is 6.06. The molecule has 0 aromatic heterocycles. The van der Waals surface area contributed by atoms with E-state index in [1.54, 1.807) is 0 Å². The van der Waals surface area contributed by atoms with Crippen LogP contribution < -0.4 is 4.74 Å². The summed E-state index contributed by atoms with van der Waals surface area (Å²) in [6.45, 7) is 0.577. The fourth-order valence-corrected chi connectivity index (χ4v) is 3.59. The summed E-state index contributed by atoms with van der Waals surface area (Å²) in [4.78, 5) is 0. The number of hydrogen-bond donors (Lipinski definition) is 0. The van der Waals surface area contributed by atoms with Crippen LogP contribution in [0.3, 0.4) is 0 Å². The maximum absolute atomic E-state index is 5.62. The lowest BCUT2D eigenvalue weighted by atomic mass is 9.80. The van der Waals surface area contributed by atoms with Gasteiger partial charge in [0, 0.05) is 0 Å². The second-order valence-electron chi connectivity index (χ2n) is 5.68. The van der Waals surface area contributed by atoms with Crippen molar-refractivity contribution < 1.29 is 4.74 Å². The van der Waals surface area contributed by atoms with Crippen molar-refractivity contribution in [3.63, 3.8) is 0 Å². The van der Waals surface area contributed by atoms with Gasteiger partial charge >= 0.3 is 0 Å². The van der Waals surface area contributed by atoms with Crippen LogP contribution in [0.5, 0.6) is 5.75 Å². The zero-order valence-corrected chi connectivity index (χ0v) is 12.0. The normalized spacial score (nSPS) is 25.8. The van der Waals surface area contributed by atoms with Crippen molar-refractivity contribution in [3.8, 4) is 5.75 Å². The predicted octanol–water partition coefficient (Wildman–Crippen LogP) is 4.90. The van der Waals surface area contributed by atoms with Crippen molar-refractivity contribution in [3.05, 3.63) is 35.9 Å². The molecule has 0 bridgehead atoms. The summed E-state index contributed by atoms with van der Waals surface area (Å²) in [6, 6.07) is 8.49. The number of allylic oxidation sites excluding steroid dienone is 2. The molecule has 2 aliphatic carbocycles. The van der Waals surface area contributed by atoms with Crippen LogP contribution in [0.1, 0.15) is 37.7 Å². The number of rotatable bonds is 4. The molecule has 0 aliphatic heterocycles. The van der Waals surface area contributed by atoms with Gasteiger partial charge in [0.2, 0.25) is 0 Å². The highest BCUT2D eigenvalue weighted by Crippen LogP contribution is 2.44. The Labute approximate surface area is 120 Å². The molecule has 2 atom stereocenters. The lowest BCUT2D eigenvalue weighted by Crippen LogP contribution is -2.12. The average Bonchev–Trinajstić information content (AvgIpc) is 2.93. The van der Waals surface area contributed by atoms with Crippen molar-refractivity contribution in [2.75, 3.05) is 12.5 Å². The first kappa shape index (κ1) is 13.1. The highest BCUT2D eigenvalue weighted by atomic mass is 35.5. The second kappa shape index (κ2) is 6.00. The van der Waals surface area contributed by atoms with Gasteiger partial charge < -0.3 is 4.74 Å². The zero-order chi connectivity index (χ0) is 13.1. The SMILES string of the molecule is ClCCOc1ccc(C2=CCC3CCCC3C2)cc1. The Morgan fingerprint density at radius 3 is 2.68 bits per heavy atom. The molecule has 1 nitrogen and oxygen atoms in total. The third kappa shape index (κ3) is 2.97. The van der Waals surface area contributed by atoms with E-state index in [9.17, 15) is 0 Å². The average molecular weight is 277 g/mol. The molecular formula is C17H21ClO. The van der Waals surface area contributed by atoms with Gasteiger partial charge in [-0.15, -0.1) is 11.6 Å². The summed E-state index contributed by atoms with van der Waals surface area (Å²) < 4.78 is 5.52. The number of hydrogen-bond acceptors (Lipinski definition) is 1. The van der Waals surface area contributed by atoms with Crippen LogP contribution in [-0.2, 0) is 0 Å². The molecule has 0 saturated heterocycles. The van der Waals surface area contributed by atoms with Gasteiger partial charge in [-0.05, 0) is 60.8 Å². The Morgan fingerprint density at radius 1 is 1.11 bits per heavy atom. The third-order valence-corrected chi connectivity index (χ3v) is 4.69. The first-order valence-electron chi connectivity index (χ1n) is 7.35. The van der Waals surface area contributed by atoms with Crippen LogP contribution in [-0.4, -0.2) is 12.5 Å². The first-order chi connectivity index (χ1) is 9.36. The van der Waals surface area contributed by atoms with Gasteiger partial charge in [0.05, 0.1) is 5.88 Å². The Bertz CT molecular complexity index is 449. The number of ether oxygens (including phenoxy) is 1. The Kier molecular flexibility index (Phi) is 4.12. The van der Waals surface area contributed by atoms with E-state index in [4.69, 9.17) is 16.3 Å². The monoisotopic (exact) mass is 276 g/mol. The van der Waals surface area contributed by atoms with Gasteiger partial charge in [-0.3, -0.25) is 0 Å². The summed E-state index contributed by atoms with van der Waals surface area (Å²) in [7, 11) is 0. The Morgan fingerprint density at radius 2 is 1.89 bits per heavy atom. The van der Waals surface area contributed by atoms with Crippen molar-refractivity contribution in [2.45, 2.75) is 32.1 Å². The largest absolute Gasteiger partial charge is 0.492 e. The van der Waals surface area contributed by atoms with E-state index in [2.05, 4.69) is 30.3 Å². The third-order valence-electron chi connectivity index (χ3n) is 4.54. The highest BCUT2D eigenvalue weighted by Gasteiger charge is 2.30. The van der Waals surface area contributed by atoms with Gasteiger partial charge in [0.25, 0.3) is 0 Å². The molecule has 1 aromatic rings. The summed E-state index contributed by atoms with van der Waals surface area (Å²) in [5, 5.41) is 0. The maximum atomic E-state index is 5.62. The van der Waals surface area contributed by atoms with Crippen LogP contribution >= 0.6 is 11.6 Å². The standard InChI is InChI=1S/C17H21ClO/c18-10-11-19-17-8-6-14(7-9-17)16-5-4-13-2-1-3-15(13)12-16/h5-9,13,15H,1-4,10-12H2. The van der Waals surface area contributed by atoms with Gasteiger partial charge in [-0.1, -0.05) is 24.6 Å². The summed E-state index contributed by atoms with van der Waals surface area (Å²) >= 11 is 5.62. The predicted molar refractivity (Wildman–Crippen MR) is 80.7 cm³/mol. The summed E-state index contributed by atoms with van der Waals surface area (Å²) in [5.74, 6) is 3.36. The molecule has 3 rings (SSSR count). The smallest absolute Gasteiger partial charge is 0.119 e. The van der Waals surface area contributed by atoms with Crippen LogP contribution in [0, 0.1) is 11.8 Å². The Balaban J connectivity index is 1.68. The van der Waals surface area contributed by atoms with E-state index in [1.165, 1.54) is 43.2 Å². The summed E-state index contributed by atoms with van der Waals surface area (Å²) in [5.41, 5.74) is 2.90. The molecule has 19 heavy (non-hydrogen) atoms. The molecule has 102 valence electrons. The number of halogens is 1. The van der Waals surface area contributed by atoms with E-state index in [0.717, 1.165) is 17.6 Å². The molecule has 1 aromatic carbocycles. The van der Waals surface area contributed by atoms with Crippen molar-refractivity contribution >= 4 is 17.2 Å². The van der Waals surface area contributed by atoms with Crippen LogP contribution in [0.2, 0.25) is 0 Å². The van der Waals surface area contributed by atoms with Gasteiger partial charge in [-0.25, -0.2) is 0 Å². The minimum atomic E-state index is 0.538. The van der Waals surface area contributed by atoms with E-state index in [1.807, 2.05) is 0 Å². The molecule has 1 fully saturated rings. The van der Waals surface area contributed by atoms with Crippen molar-refractivity contribution in [1.29, 1.82) is 0 Å². The number of benzene rings is 1. The van der Waals surface area contributed by atoms with Crippen LogP contribution in [0.4, 0.5) is 0 Å². The van der Waals surface area contributed by atoms with Gasteiger partial charge in [0.1, 0.15) is 12.4 Å². The molecule has 0 spiro atoms. The van der Waals surface area contributed by atoms with Crippen LogP contribution in [0.25, 0.3) is 5.57 Å². The Hall–Kier alpha value is -0.950. The highest BCUT2D eigenvalue weighted by molar-refractivity contribution is 6.18. The maximum Gasteiger partial charge on any atom is 0.119 e. The minimum Gasteiger partial charge on any atom is -0.492 e. The molecule has 2 unspecified atom stereocenters. The first-order valence-corrected chi connectivity index (χ1v) is 7.88. The molecule has 2 aliphatic rings. The van der Waals surface area contributed by atoms with E-state index >= 15 is 0 Å². The molecule has 0 N–H and O–H groups in total. The lowest BCUT2D eigenvalue weighted by molar-refractivity contribution is 0.342. The molecule has 0 radical (unpaired) electrons. The molecule has 0 amide bonds. The van der Waals surface area contributed by atoms with E-state index in [0.29, 0.717) is 12.5 Å². The molecule has 1 saturated carbocycles. The van der Waals surface area contributed by atoms with Gasteiger partial charge in [-0.2, -0.15) is 0 Å². The van der Waals surface area contributed by atoms with Crippen molar-refractivity contribution in [1.82, 2.24) is 0 Å². The number of fused-ring (bicyclic) bond motifs is 1. The quantitative estimate of drug-likeness (QED) is 0.711. The zero-order valence-electron chi connectivity index (χ0n) is 11.3. The number of alkyl halides is 1. The minimum absolute atomic E-state index is 0.538. The van der Waals surface area contributed by atoms with Crippen molar-refractivity contribution in [2.24, 2.45) is 11.8 Å². The lowest BCUT2D eigenvalue weighted by Gasteiger charge is -2.25. The molecule has 0 heterocycles.